The zero-order valence-corrected chi connectivity index (χ0v) is 15.9. The fourth-order valence-electron chi connectivity index (χ4n) is 3.73. The van der Waals surface area contributed by atoms with E-state index in [0.717, 1.165) is 45.2 Å². The summed E-state index contributed by atoms with van der Waals surface area (Å²) in [6.07, 6.45) is 7.93. The Labute approximate surface area is 160 Å². The molecular formula is C21H29N3O3. The number of benzene rings is 1. The van der Waals surface area contributed by atoms with Crippen LogP contribution >= 0.6 is 0 Å². The quantitative estimate of drug-likeness (QED) is 0.884. The Morgan fingerprint density at radius 2 is 1.48 bits per heavy atom. The maximum Gasteiger partial charge on any atom is 0.253 e. The van der Waals surface area contributed by atoms with Gasteiger partial charge in [0.05, 0.1) is 6.54 Å². The van der Waals surface area contributed by atoms with Crippen LogP contribution in [0.2, 0.25) is 0 Å². The van der Waals surface area contributed by atoms with Crippen LogP contribution in [0.15, 0.2) is 24.3 Å². The van der Waals surface area contributed by atoms with E-state index in [0.29, 0.717) is 24.2 Å². The van der Waals surface area contributed by atoms with Crippen LogP contribution in [0.1, 0.15) is 61.7 Å². The van der Waals surface area contributed by atoms with Crippen LogP contribution in [0.4, 0.5) is 5.69 Å². The van der Waals surface area contributed by atoms with Gasteiger partial charge in [0, 0.05) is 37.3 Å². The van der Waals surface area contributed by atoms with E-state index in [1.807, 2.05) is 4.90 Å². The lowest BCUT2D eigenvalue weighted by molar-refractivity contribution is -0.134. The molecule has 0 bridgehead atoms. The largest absolute Gasteiger partial charge is 0.339 e. The Bertz CT molecular complexity index is 664. The number of nitrogens with zero attached hydrogens (tertiary/aromatic N) is 2. The molecule has 3 rings (SSSR count). The topological polar surface area (TPSA) is 69.7 Å². The van der Waals surface area contributed by atoms with Crippen molar-refractivity contribution >= 4 is 23.4 Å². The highest BCUT2D eigenvalue weighted by molar-refractivity contribution is 5.97. The van der Waals surface area contributed by atoms with E-state index in [1.54, 1.807) is 29.2 Å². The smallest absolute Gasteiger partial charge is 0.253 e. The Kier molecular flexibility index (Phi) is 6.85. The Balaban J connectivity index is 1.54. The highest BCUT2D eigenvalue weighted by Gasteiger charge is 2.20. The normalized spacial score (nSPS) is 18.6. The number of hydrogen-bond donors (Lipinski definition) is 1. The van der Waals surface area contributed by atoms with Gasteiger partial charge in [0.25, 0.3) is 5.91 Å². The van der Waals surface area contributed by atoms with Gasteiger partial charge in [0.2, 0.25) is 11.8 Å². The van der Waals surface area contributed by atoms with E-state index in [4.69, 9.17) is 0 Å². The van der Waals surface area contributed by atoms with Crippen LogP contribution in [0.3, 0.4) is 0 Å². The molecule has 0 aromatic heterocycles. The van der Waals surface area contributed by atoms with Crippen molar-refractivity contribution in [3.05, 3.63) is 29.8 Å². The van der Waals surface area contributed by atoms with E-state index in [-0.39, 0.29) is 24.3 Å². The zero-order valence-electron chi connectivity index (χ0n) is 15.9. The molecule has 0 radical (unpaired) electrons. The first kappa shape index (κ1) is 19.4. The second-order valence-electron chi connectivity index (χ2n) is 7.46. The summed E-state index contributed by atoms with van der Waals surface area (Å²) in [5, 5.41) is 2.83. The van der Waals surface area contributed by atoms with E-state index < -0.39 is 0 Å². The van der Waals surface area contributed by atoms with Gasteiger partial charge in [0.1, 0.15) is 0 Å². The molecule has 6 nitrogen and oxygen atoms in total. The van der Waals surface area contributed by atoms with E-state index >= 15 is 0 Å². The van der Waals surface area contributed by atoms with E-state index in [9.17, 15) is 14.4 Å². The zero-order chi connectivity index (χ0) is 19.1. The van der Waals surface area contributed by atoms with E-state index in [2.05, 4.69) is 5.32 Å². The van der Waals surface area contributed by atoms with Crippen LogP contribution in [0, 0.1) is 0 Å². The molecule has 2 saturated heterocycles. The molecule has 1 aromatic rings. The molecule has 27 heavy (non-hydrogen) atoms. The average Bonchev–Trinajstić information content (AvgIpc) is 3.05. The first-order valence-electron chi connectivity index (χ1n) is 10.1. The predicted molar refractivity (Wildman–Crippen MR) is 104 cm³/mol. The summed E-state index contributed by atoms with van der Waals surface area (Å²) in [5.41, 5.74) is 1.30. The van der Waals surface area contributed by atoms with Crippen LogP contribution in [-0.4, -0.2) is 53.7 Å². The SMILES string of the molecule is O=C(CN1CCCCCC1=O)Nc1ccc(C(=O)N2CCCCCC2)cc1. The minimum absolute atomic E-state index is 0.0565. The maximum atomic E-state index is 12.6. The van der Waals surface area contributed by atoms with Crippen LogP contribution in [0.5, 0.6) is 0 Å². The van der Waals surface area contributed by atoms with Crippen LogP contribution in [-0.2, 0) is 9.59 Å². The van der Waals surface area contributed by atoms with Gasteiger partial charge in [-0.25, -0.2) is 0 Å². The van der Waals surface area contributed by atoms with Gasteiger partial charge in [-0.05, 0) is 49.9 Å². The van der Waals surface area contributed by atoms with Crippen LogP contribution < -0.4 is 5.32 Å². The molecule has 1 aromatic carbocycles. The molecule has 2 aliphatic rings. The summed E-state index contributed by atoms with van der Waals surface area (Å²) in [7, 11) is 0. The van der Waals surface area contributed by atoms with Crippen molar-refractivity contribution in [2.24, 2.45) is 0 Å². The van der Waals surface area contributed by atoms with Crippen molar-refractivity contribution in [1.29, 1.82) is 0 Å². The second-order valence-corrected chi connectivity index (χ2v) is 7.46. The Morgan fingerprint density at radius 3 is 2.19 bits per heavy atom. The molecular weight excluding hydrogens is 342 g/mol. The average molecular weight is 371 g/mol. The van der Waals surface area contributed by atoms with Gasteiger partial charge in [-0.15, -0.1) is 0 Å². The van der Waals surface area contributed by atoms with Gasteiger partial charge < -0.3 is 15.1 Å². The number of amides is 3. The van der Waals surface area contributed by atoms with Crippen molar-refractivity contribution < 1.29 is 14.4 Å². The number of nitrogens with one attached hydrogen (secondary N) is 1. The van der Waals surface area contributed by atoms with Gasteiger partial charge in [-0.2, -0.15) is 0 Å². The number of carbonyl (C=O) groups is 3. The molecule has 0 saturated carbocycles. The fraction of sp³-hybridized carbons (Fsp3) is 0.571. The molecule has 0 spiro atoms. The molecule has 2 aliphatic heterocycles. The number of rotatable bonds is 4. The number of carbonyl (C=O) groups excluding carboxylic acids is 3. The minimum Gasteiger partial charge on any atom is -0.339 e. The minimum atomic E-state index is -0.197. The van der Waals surface area contributed by atoms with Crippen molar-refractivity contribution in [3.63, 3.8) is 0 Å². The molecule has 0 atom stereocenters. The van der Waals surface area contributed by atoms with Gasteiger partial charge in [0.15, 0.2) is 0 Å². The summed E-state index contributed by atoms with van der Waals surface area (Å²) in [6, 6.07) is 7.04. The highest BCUT2D eigenvalue weighted by Crippen LogP contribution is 2.16. The summed E-state index contributed by atoms with van der Waals surface area (Å²) in [6.45, 7) is 2.38. The fourth-order valence-corrected chi connectivity index (χ4v) is 3.73. The van der Waals surface area contributed by atoms with Gasteiger partial charge >= 0.3 is 0 Å². The lowest BCUT2D eigenvalue weighted by Gasteiger charge is -2.21. The highest BCUT2D eigenvalue weighted by atomic mass is 16.2. The molecule has 2 heterocycles. The summed E-state index contributed by atoms with van der Waals surface area (Å²) in [4.78, 5) is 40.4. The standard InChI is InChI=1S/C21H29N3O3/c25-19(16-24-15-7-3-4-8-20(24)26)22-18-11-9-17(10-12-18)21(27)23-13-5-1-2-6-14-23/h9-12H,1-8,13-16H2,(H,22,25). The summed E-state index contributed by atoms with van der Waals surface area (Å²) >= 11 is 0. The van der Waals surface area contributed by atoms with E-state index in [1.165, 1.54) is 12.8 Å². The van der Waals surface area contributed by atoms with Crippen LogP contribution in [0.25, 0.3) is 0 Å². The summed E-state index contributed by atoms with van der Waals surface area (Å²) in [5.74, 6) is -0.0807. The third-order valence-electron chi connectivity index (χ3n) is 5.31. The molecule has 1 N–H and O–H groups in total. The number of hydrogen-bond acceptors (Lipinski definition) is 3. The first-order valence-corrected chi connectivity index (χ1v) is 10.1. The molecule has 3 amide bonds. The lowest BCUT2D eigenvalue weighted by Crippen LogP contribution is -2.37. The monoisotopic (exact) mass is 371 g/mol. The molecule has 146 valence electrons. The maximum absolute atomic E-state index is 12.6. The molecule has 6 heteroatoms. The summed E-state index contributed by atoms with van der Waals surface area (Å²) < 4.78 is 0. The van der Waals surface area contributed by atoms with Gasteiger partial charge in [-0.3, -0.25) is 14.4 Å². The third-order valence-corrected chi connectivity index (χ3v) is 5.31. The lowest BCUT2D eigenvalue weighted by atomic mass is 10.1. The third kappa shape index (κ3) is 5.55. The number of anilines is 1. The Morgan fingerprint density at radius 1 is 0.852 bits per heavy atom. The Hall–Kier alpha value is -2.37. The van der Waals surface area contributed by atoms with Crippen molar-refractivity contribution in [2.45, 2.75) is 51.4 Å². The molecule has 2 fully saturated rings. The second kappa shape index (κ2) is 9.53. The molecule has 0 aliphatic carbocycles. The number of likely N-dealkylation sites (tertiary alicyclic amines) is 2. The van der Waals surface area contributed by atoms with Crippen molar-refractivity contribution in [3.8, 4) is 0 Å². The van der Waals surface area contributed by atoms with Crippen molar-refractivity contribution in [2.75, 3.05) is 31.5 Å². The molecule has 0 unspecified atom stereocenters. The van der Waals surface area contributed by atoms with Gasteiger partial charge in [-0.1, -0.05) is 19.3 Å². The predicted octanol–water partition coefficient (Wildman–Crippen LogP) is 3.04. The van der Waals surface area contributed by atoms with Crippen molar-refractivity contribution in [1.82, 2.24) is 9.80 Å². The first-order chi connectivity index (χ1) is 13.1.